The first-order chi connectivity index (χ1) is 9.44. The highest BCUT2D eigenvalue weighted by molar-refractivity contribution is 5.91. The van der Waals surface area contributed by atoms with E-state index >= 15 is 0 Å². The second kappa shape index (κ2) is 5.70. The lowest BCUT2D eigenvalue weighted by molar-refractivity contribution is -0.274. The Hall–Kier alpha value is -2.13. The summed E-state index contributed by atoms with van der Waals surface area (Å²) in [6, 6.07) is 0.664. The van der Waals surface area contributed by atoms with Crippen LogP contribution in [0.25, 0.3) is 0 Å². The second-order valence-corrected chi connectivity index (χ2v) is 3.78. The minimum atomic E-state index is -5.17. The highest BCUT2D eigenvalue weighted by atomic mass is 19.4. The van der Waals surface area contributed by atoms with E-state index in [2.05, 4.69) is 9.47 Å². The van der Waals surface area contributed by atoms with Gasteiger partial charge in [0.05, 0.1) is 18.4 Å². The Morgan fingerprint density at radius 2 is 1.71 bits per heavy atom. The van der Waals surface area contributed by atoms with E-state index < -0.39 is 41.2 Å². The zero-order chi connectivity index (χ0) is 16.4. The number of alkyl halides is 6. The molecule has 0 aliphatic rings. The first-order valence-electron chi connectivity index (χ1n) is 5.26. The molecule has 0 fully saturated rings. The fourth-order valence-electron chi connectivity index (χ4n) is 1.42. The van der Waals surface area contributed by atoms with E-state index in [0.717, 1.165) is 14.0 Å². The van der Waals surface area contributed by atoms with Gasteiger partial charge in [0.15, 0.2) is 11.5 Å². The Kier molecular flexibility index (Phi) is 4.59. The van der Waals surface area contributed by atoms with Gasteiger partial charge < -0.3 is 14.8 Å². The van der Waals surface area contributed by atoms with Gasteiger partial charge in [0.1, 0.15) is 0 Å². The van der Waals surface area contributed by atoms with Crippen molar-refractivity contribution >= 4 is 11.6 Å². The third-order valence-corrected chi connectivity index (χ3v) is 2.13. The number of carbonyl (C=O) groups is 1. The summed E-state index contributed by atoms with van der Waals surface area (Å²) in [5.74, 6) is -2.75. The van der Waals surface area contributed by atoms with Gasteiger partial charge in [0, 0.05) is 6.92 Å². The molecule has 10 heteroatoms. The van der Waals surface area contributed by atoms with Crippen LogP contribution in [0.2, 0.25) is 0 Å². The van der Waals surface area contributed by atoms with Gasteiger partial charge in [-0.25, -0.2) is 0 Å². The van der Waals surface area contributed by atoms with E-state index in [4.69, 9.17) is 0 Å². The third-order valence-electron chi connectivity index (χ3n) is 2.13. The summed E-state index contributed by atoms with van der Waals surface area (Å²) in [7, 11) is 0.871. The average molecular weight is 317 g/mol. The Morgan fingerprint density at radius 3 is 2.10 bits per heavy atom. The minimum Gasteiger partial charge on any atom is -0.493 e. The Balaban J connectivity index is 3.47. The lowest BCUT2D eigenvalue weighted by Crippen LogP contribution is -2.20. The Morgan fingerprint density at radius 1 is 1.14 bits per heavy atom. The summed E-state index contributed by atoms with van der Waals surface area (Å²) in [6.45, 7) is 0.921. The number of carbonyl (C=O) groups excluding carboxylic acids is 1. The maximum absolute atomic E-state index is 12.7. The molecule has 0 aliphatic carbocycles. The number of methoxy groups -OCH3 is 1. The first-order valence-corrected chi connectivity index (χ1v) is 5.26. The molecule has 1 aromatic rings. The quantitative estimate of drug-likeness (QED) is 0.867. The van der Waals surface area contributed by atoms with Crippen molar-refractivity contribution in [3.8, 4) is 11.5 Å². The lowest BCUT2D eigenvalue weighted by atomic mass is 10.1. The molecule has 0 bridgehead atoms. The number of anilines is 1. The predicted molar refractivity (Wildman–Crippen MR) is 59.0 cm³/mol. The van der Waals surface area contributed by atoms with E-state index in [1.54, 1.807) is 0 Å². The molecule has 21 heavy (non-hydrogen) atoms. The van der Waals surface area contributed by atoms with Gasteiger partial charge in [-0.2, -0.15) is 13.2 Å². The van der Waals surface area contributed by atoms with Crippen molar-refractivity contribution in [3.63, 3.8) is 0 Å². The summed E-state index contributed by atoms with van der Waals surface area (Å²) in [6.07, 6.45) is -10.0. The molecule has 0 radical (unpaired) electrons. The van der Waals surface area contributed by atoms with Crippen LogP contribution < -0.4 is 14.8 Å². The number of benzene rings is 1. The first kappa shape index (κ1) is 16.9. The van der Waals surface area contributed by atoms with Gasteiger partial charge in [-0.15, -0.1) is 13.2 Å². The molecule has 0 aliphatic heterocycles. The topological polar surface area (TPSA) is 47.6 Å². The molecule has 0 spiro atoms. The number of hydrogen-bond donors (Lipinski definition) is 1. The van der Waals surface area contributed by atoms with Gasteiger partial charge in [0.25, 0.3) is 0 Å². The highest BCUT2D eigenvalue weighted by Crippen LogP contribution is 2.43. The predicted octanol–water partition coefficient (Wildman–Crippen LogP) is 3.57. The molecule has 1 N–H and O–H groups in total. The third kappa shape index (κ3) is 4.72. The number of rotatable bonds is 3. The zero-order valence-electron chi connectivity index (χ0n) is 10.6. The molecule has 118 valence electrons. The molecule has 4 nitrogen and oxygen atoms in total. The van der Waals surface area contributed by atoms with E-state index in [0.29, 0.717) is 12.1 Å². The van der Waals surface area contributed by atoms with Crippen molar-refractivity contribution in [2.45, 2.75) is 19.5 Å². The van der Waals surface area contributed by atoms with E-state index in [9.17, 15) is 31.1 Å². The minimum absolute atomic E-state index is 0.324. The molecule has 0 unspecified atom stereocenters. The number of amides is 1. The molecule has 0 aromatic heterocycles. The zero-order valence-corrected chi connectivity index (χ0v) is 10.6. The van der Waals surface area contributed by atoms with E-state index in [-0.39, 0.29) is 0 Å². The van der Waals surface area contributed by atoms with E-state index in [1.807, 2.05) is 5.32 Å². The van der Waals surface area contributed by atoms with Crippen molar-refractivity contribution in [1.82, 2.24) is 0 Å². The number of hydrogen-bond acceptors (Lipinski definition) is 3. The van der Waals surface area contributed by atoms with Crippen LogP contribution in [-0.4, -0.2) is 19.4 Å². The van der Waals surface area contributed by atoms with Crippen molar-refractivity contribution < 1.29 is 40.6 Å². The lowest BCUT2D eigenvalue weighted by Gasteiger charge is -2.18. The summed E-state index contributed by atoms with van der Waals surface area (Å²) in [5.41, 5.74) is -2.09. The Labute approximate surface area is 114 Å². The largest absolute Gasteiger partial charge is 0.573 e. The summed E-state index contributed by atoms with van der Waals surface area (Å²) >= 11 is 0. The van der Waals surface area contributed by atoms with Gasteiger partial charge >= 0.3 is 12.5 Å². The van der Waals surface area contributed by atoms with Crippen LogP contribution in [0, 0.1) is 0 Å². The van der Waals surface area contributed by atoms with Gasteiger partial charge in [0.2, 0.25) is 5.91 Å². The smallest absolute Gasteiger partial charge is 0.493 e. The van der Waals surface area contributed by atoms with Crippen LogP contribution in [0.4, 0.5) is 32.0 Å². The van der Waals surface area contributed by atoms with Gasteiger partial charge in [-0.1, -0.05) is 0 Å². The van der Waals surface area contributed by atoms with Crippen LogP contribution in [-0.2, 0) is 11.0 Å². The van der Waals surface area contributed by atoms with Crippen LogP contribution in [0.15, 0.2) is 12.1 Å². The maximum Gasteiger partial charge on any atom is 0.573 e. The molecule has 0 heterocycles. The summed E-state index contributed by atoms with van der Waals surface area (Å²) < 4.78 is 83.0. The molecule has 0 saturated carbocycles. The monoisotopic (exact) mass is 317 g/mol. The van der Waals surface area contributed by atoms with Crippen molar-refractivity contribution in [1.29, 1.82) is 0 Å². The number of ether oxygens (including phenoxy) is 2. The van der Waals surface area contributed by atoms with Gasteiger partial charge in [-0.3, -0.25) is 4.79 Å². The molecule has 0 saturated heterocycles. The molecule has 1 rings (SSSR count). The molecule has 0 atom stereocenters. The van der Waals surface area contributed by atoms with Crippen molar-refractivity contribution in [2.24, 2.45) is 0 Å². The van der Waals surface area contributed by atoms with Crippen LogP contribution in [0.3, 0.4) is 0 Å². The molecule has 1 amide bonds. The number of nitrogens with one attached hydrogen (secondary N) is 1. The van der Waals surface area contributed by atoms with Crippen molar-refractivity contribution in [3.05, 3.63) is 17.7 Å². The number of halogens is 6. The maximum atomic E-state index is 12.7. The fourth-order valence-corrected chi connectivity index (χ4v) is 1.42. The van der Waals surface area contributed by atoms with Crippen LogP contribution in [0.5, 0.6) is 11.5 Å². The molecular weight excluding hydrogens is 308 g/mol. The second-order valence-electron chi connectivity index (χ2n) is 3.78. The van der Waals surface area contributed by atoms with Crippen LogP contribution in [0.1, 0.15) is 12.5 Å². The summed E-state index contributed by atoms with van der Waals surface area (Å²) in [4.78, 5) is 10.9. The van der Waals surface area contributed by atoms with Gasteiger partial charge in [-0.05, 0) is 12.1 Å². The highest BCUT2D eigenvalue weighted by Gasteiger charge is 2.37. The Bertz CT molecular complexity index is 538. The van der Waals surface area contributed by atoms with Crippen molar-refractivity contribution in [2.75, 3.05) is 12.4 Å². The fraction of sp³-hybridized carbons (Fsp3) is 0.364. The SMILES string of the molecule is COc1cc(C(F)(F)F)cc(NC(C)=O)c1OC(F)(F)F. The summed E-state index contributed by atoms with van der Waals surface area (Å²) in [5, 5.41) is 1.84. The standard InChI is InChI=1S/C11H9F6NO3/c1-5(19)18-7-3-6(10(12,13)14)4-8(20-2)9(7)21-11(15,16)17/h3-4H,1-2H3,(H,18,19). The average Bonchev–Trinajstić information content (AvgIpc) is 2.27. The van der Waals surface area contributed by atoms with E-state index in [1.165, 1.54) is 0 Å². The van der Waals surface area contributed by atoms with Crippen LogP contribution >= 0.6 is 0 Å². The molecule has 1 aromatic carbocycles. The normalized spacial score (nSPS) is 12.0. The molecular formula is C11H9F6NO3.